The van der Waals surface area contributed by atoms with Crippen LogP contribution in [0.1, 0.15) is 19.8 Å². The first-order chi connectivity index (χ1) is 7.15. The van der Waals surface area contributed by atoms with Gasteiger partial charge in [0.25, 0.3) is 0 Å². The Hall–Kier alpha value is -0.530. The van der Waals surface area contributed by atoms with Crippen molar-refractivity contribution in [3.8, 4) is 0 Å². The van der Waals surface area contributed by atoms with E-state index >= 15 is 0 Å². The lowest BCUT2D eigenvalue weighted by molar-refractivity contribution is -0.142. The second-order valence-corrected chi connectivity index (χ2v) is 3.74. The number of carbonyl (C=O) groups is 2. The van der Waals surface area contributed by atoms with Gasteiger partial charge >= 0.3 is 12.1 Å². The number of halogens is 1. The minimum Gasteiger partial charge on any atom is -0.467 e. The Morgan fingerprint density at radius 3 is 2.60 bits per heavy atom. The van der Waals surface area contributed by atoms with Crippen molar-refractivity contribution < 1.29 is 19.1 Å². The molecular weight excluding hydrogens is 313 g/mol. The lowest BCUT2D eigenvalue weighted by atomic mass is 10.3. The third kappa shape index (κ3) is 6.53. The quantitative estimate of drug-likeness (QED) is 0.347. The fourth-order valence-electron chi connectivity index (χ4n) is 0.796. The molecule has 0 fully saturated rings. The fraction of sp³-hybridized carbons (Fsp3) is 0.778. The molecule has 5 nitrogen and oxygen atoms in total. The molecule has 0 spiro atoms. The topological polar surface area (TPSA) is 64.6 Å². The molecule has 0 rings (SSSR count). The predicted octanol–water partition coefficient (Wildman–Crippen LogP) is 1.49. The zero-order valence-electron chi connectivity index (χ0n) is 8.92. The Bertz CT molecular complexity index is 210. The van der Waals surface area contributed by atoms with E-state index in [1.54, 1.807) is 0 Å². The molecule has 0 aliphatic rings. The monoisotopic (exact) mass is 329 g/mol. The smallest absolute Gasteiger partial charge is 0.407 e. The molecule has 6 heteroatoms. The molecule has 0 bridgehead atoms. The summed E-state index contributed by atoms with van der Waals surface area (Å²) in [7, 11) is 1.28. The maximum Gasteiger partial charge on any atom is 0.407 e. The van der Waals surface area contributed by atoms with E-state index in [1.807, 2.05) is 29.5 Å². The summed E-state index contributed by atoms with van der Waals surface area (Å²) < 4.78 is 9.82. The zero-order valence-corrected chi connectivity index (χ0v) is 11.1. The van der Waals surface area contributed by atoms with Crippen LogP contribution < -0.4 is 5.32 Å². The van der Waals surface area contributed by atoms with Gasteiger partial charge in [0.2, 0.25) is 0 Å². The van der Waals surface area contributed by atoms with E-state index in [0.717, 1.165) is 12.8 Å². The molecule has 15 heavy (non-hydrogen) atoms. The highest BCUT2D eigenvalue weighted by atomic mass is 127. The van der Waals surface area contributed by atoms with Crippen LogP contribution in [-0.2, 0) is 14.3 Å². The van der Waals surface area contributed by atoms with Gasteiger partial charge in [-0.3, -0.25) is 0 Å². The van der Waals surface area contributed by atoms with Crippen molar-refractivity contribution in [1.29, 1.82) is 0 Å². The average Bonchev–Trinajstić information content (AvgIpc) is 2.25. The molecule has 0 aliphatic heterocycles. The Kier molecular flexibility index (Phi) is 8.44. The molecule has 1 amide bonds. The second kappa shape index (κ2) is 8.75. The van der Waals surface area contributed by atoms with Crippen molar-refractivity contribution in [1.82, 2.24) is 5.32 Å². The summed E-state index contributed by atoms with van der Waals surface area (Å²) in [5.41, 5.74) is 0. The number of ether oxygens (including phenoxy) is 2. The number of methoxy groups -OCH3 is 1. The van der Waals surface area contributed by atoms with Gasteiger partial charge in [0.1, 0.15) is 6.04 Å². The number of hydrogen-bond donors (Lipinski definition) is 1. The Morgan fingerprint density at radius 1 is 1.47 bits per heavy atom. The van der Waals surface area contributed by atoms with Crippen molar-refractivity contribution in [2.45, 2.75) is 25.8 Å². The van der Waals surface area contributed by atoms with Crippen LogP contribution in [0, 0.1) is 0 Å². The standard InChI is InChI=1S/C9H16INO4/c1-3-4-5-15-9(13)11-7(6-10)8(12)14-2/h7H,3-6H2,1-2H3,(H,11,13)/t7-/m0/s1. The van der Waals surface area contributed by atoms with E-state index in [0.29, 0.717) is 11.0 Å². The van der Waals surface area contributed by atoms with Crippen LogP contribution in [0.4, 0.5) is 4.79 Å². The fourth-order valence-corrected chi connectivity index (χ4v) is 1.38. The maximum absolute atomic E-state index is 11.2. The van der Waals surface area contributed by atoms with Gasteiger partial charge in [-0.25, -0.2) is 9.59 Å². The molecule has 0 unspecified atom stereocenters. The number of alkyl halides is 1. The van der Waals surface area contributed by atoms with Gasteiger partial charge in [-0.2, -0.15) is 0 Å². The van der Waals surface area contributed by atoms with E-state index in [4.69, 9.17) is 4.74 Å². The average molecular weight is 329 g/mol. The van der Waals surface area contributed by atoms with Crippen LogP contribution in [0.3, 0.4) is 0 Å². The zero-order chi connectivity index (χ0) is 11.7. The molecule has 0 radical (unpaired) electrons. The highest BCUT2D eigenvalue weighted by Gasteiger charge is 2.20. The first-order valence-corrected chi connectivity index (χ1v) is 6.25. The van der Waals surface area contributed by atoms with Crippen LogP contribution in [-0.4, -0.2) is 36.2 Å². The molecule has 0 saturated heterocycles. The number of nitrogens with one attached hydrogen (secondary N) is 1. The Balaban J connectivity index is 3.85. The largest absolute Gasteiger partial charge is 0.467 e. The maximum atomic E-state index is 11.2. The van der Waals surface area contributed by atoms with Gasteiger partial charge in [-0.1, -0.05) is 35.9 Å². The van der Waals surface area contributed by atoms with Crippen molar-refractivity contribution in [3.05, 3.63) is 0 Å². The first-order valence-electron chi connectivity index (χ1n) is 4.72. The third-order valence-corrected chi connectivity index (χ3v) is 2.54. The summed E-state index contributed by atoms with van der Waals surface area (Å²) in [6, 6.07) is -0.635. The summed E-state index contributed by atoms with van der Waals surface area (Å²) >= 11 is 2.00. The normalized spacial score (nSPS) is 11.7. The van der Waals surface area contributed by atoms with E-state index in [9.17, 15) is 9.59 Å². The number of alkyl carbamates (subject to hydrolysis) is 1. The van der Waals surface area contributed by atoms with E-state index in [1.165, 1.54) is 7.11 Å². The number of hydrogen-bond acceptors (Lipinski definition) is 4. The van der Waals surface area contributed by atoms with Crippen LogP contribution >= 0.6 is 22.6 Å². The highest BCUT2D eigenvalue weighted by molar-refractivity contribution is 14.1. The van der Waals surface area contributed by atoms with Crippen molar-refractivity contribution in [3.63, 3.8) is 0 Å². The summed E-state index contributed by atoms with van der Waals surface area (Å²) in [6.07, 6.45) is 1.20. The number of rotatable bonds is 6. The molecule has 1 atom stereocenters. The number of carbonyl (C=O) groups excluding carboxylic acids is 2. The van der Waals surface area contributed by atoms with Gasteiger partial charge in [-0.05, 0) is 6.42 Å². The number of esters is 1. The van der Waals surface area contributed by atoms with Crippen molar-refractivity contribution >= 4 is 34.7 Å². The summed E-state index contributed by atoms with van der Waals surface area (Å²) in [5, 5.41) is 2.43. The minimum absolute atomic E-state index is 0.372. The van der Waals surface area contributed by atoms with Gasteiger partial charge < -0.3 is 14.8 Å². The predicted molar refractivity (Wildman–Crippen MR) is 64.1 cm³/mol. The molecule has 0 aromatic rings. The van der Waals surface area contributed by atoms with Crippen LogP contribution in [0.15, 0.2) is 0 Å². The highest BCUT2D eigenvalue weighted by Crippen LogP contribution is 1.96. The van der Waals surface area contributed by atoms with E-state index in [-0.39, 0.29) is 0 Å². The van der Waals surface area contributed by atoms with Gasteiger partial charge in [0.15, 0.2) is 0 Å². The summed E-state index contributed by atoms with van der Waals surface area (Å²) in [5.74, 6) is -0.461. The lowest BCUT2D eigenvalue weighted by Crippen LogP contribution is -2.43. The summed E-state index contributed by atoms with van der Waals surface area (Å²) in [6.45, 7) is 2.38. The molecule has 88 valence electrons. The van der Waals surface area contributed by atoms with Crippen LogP contribution in [0.5, 0.6) is 0 Å². The molecular formula is C9H16INO4. The number of unbranched alkanes of at least 4 members (excludes halogenated alkanes) is 1. The van der Waals surface area contributed by atoms with Crippen LogP contribution in [0.25, 0.3) is 0 Å². The van der Waals surface area contributed by atoms with Gasteiger partial charge in [0.05, 0.1) is 13.7 Å². The molecule has 0 aromatic heterocycles. The van der Waals surface area contributed by atoms with E-state index in [2.05, 4.69) is 10.1 Å². The molecule has 1 N–H and O–H groups in total. The third-order valence-electron chi connectivity index (χ3n) is 1.66. The Morgan fingerprint density at radius 2 is 2.13 bits per heavy atom. The van der Waals surface area contributed by atoms with Gasteiger partial charge in [-0.15, -0.1) is 0 Å². The number of amides is 1. The summed E-state index contributed by atoms with van der Waals surface area (Å²) in [4.78, 5) is 22.3. The molecule has 0 aromatic carbocycles. The lowest BCUT2D eigenvalue weighted by Gasteiger charge is -2.13. The minimum atomic E-state index is -0.635. The molecule has 0 heterocycles. The van der Waals surface area contributed by atoms with Crippen molar-refractivity contribution in [2.75, 3.05) is 18.1 Å². The molecule has 0 saturated carbocycles. The second-order valence-electron chi connectivity index (χ2n) is 2.86. The molecule has 0 aliphatic carbocycles. The SMILES string of the molecule is CCCCOC(=O)N[C@@H](CI)C(=O)OC. The van der Waals surface area contributed by atoms with Gasteiger partial charge in [0, 0.05) is 4.43 Å². The van der Waals surface area contributed by atoms with Crippen LogP contribution in [0.2, 0.25) is 0 Å². The first kappa shape index (κ1) is 14.5. The Labute approximate surface area is 103 Å². The van der Waals surface area contributed by atoms with Crippen molar-refractivity contribution in [2.24, 2.45) is 0 Å². The van der Waals surface area contributed by atoms with E-state index < -0.39 is 18.1 Å².